The highest BCUT2D eigenvalue weighted by atomic mass is 16.5. The maximum atomic E-state index is 12.4. The molecule has 5 nitrogen and oxygen atoms in total. The molecule has 5 heteroatoms. The molecule has 3 aliphatic rings. The number of hydrogen-bond donors (Lipinski definition) is 1. The van der Waals surface area contributed by atoms with E-state index in [4.69, 9.17) is 9.47 Å². The van der Waals surface area contributed by atoms with Gasteiger partial charge in [-0.15, -0.1) is 0 Å². The summed E-state index contributed by atoms with van der Waals surface area (Å²) in [4.78, 5) is 24.1. The van der Waals surface area contributed by atoms with Crippen molar-refractivity contribution in [1.29, 1.82) is 0 Å². The van der Waals surface area contributed by atoms with Crippen LogP contribution in [0.15, 0.2) is 23.8 Å². The lowest BCUT2D eigenvalue weighted by Gasteiger charge is -2.42. The largest absolute Gasteiger partial charge is 0.462 e. The molecule has 1 heterocycles. The van der Waals surface area contributed by atoms with Gasteiger partial charge in [-0.1, -0.05) is 39.0 Å². The number of carbonyl (C=O) groups excluding carboxylic acids is 2. The van der Waals surface area contributed by atoms with Gasteiger partial charge in [0.2, 0.25) is 0 Å². The van der Waals surface area contributed by atoms with Gasteiger partial charge in [0.1, 0.15) is 12.2 Å². The Kier molecular flexibility index (Phi) is 6.97. The monoisotopic (exact) mass is 390 g/mol. The van der Waals surface area contributed by atoms with Crippen LogP contribution in [0.4, 0.5) is 0 Å². The molecule has 0 bridgehead atoms. The molecule has 0 radical (unpaired) electrons. The molecule has 0 unspecified atom stereocenters. The van der Waals surface area contributed by atoms with E-state index < -0.39 is 6.10 Å². The predicted molar refractivity (Wildman–Crippen MR) is 106 cm³/mol. The molecule has 2 aliphatic carbocycles. The van der Waals surface area contributed by atoms with Crippen LogP contribution in [0, 0.1) is 23.7 Å². The summed E-state index contributed by atoms with van der Waals surface area (Å²) in [5, 5.41) is 9.86. The summed E-state index contributed by atoms with van der Waals surface area (Å²) in [6.07, 6.45) is 10.6. The summed E-state index contributed by atoms with van der Waals surface area (Å²) in [5.74, 6) is 0.426. The molecule has 1 fully saturated rings. The van der Waals surface area contributed by atoms with Crippen LogP contribution >= 0.6 is 0 Å². The number of carbonyl (C=O) groups is 2. The Bertz CT molecular complexity index is 637. The zero-order valence-electron chi connectivity index (χ0n) is 17.3. The van der Waals surface area contributed by atoms with Gasteiger partial charge in [-0.2, -0.15) is 0 Å². The molecule has 1 N–H and O–H groups in total. The third-order valence-electron chi connectivity index (χ3n) is 6.69. The van der Waals surface area contributed by atoms with Crippen LogP contribution in [0.1, 0.15) is 65.7 Å². The molecule has 156 valence electrons. The number of aliphatic hydroxyl groups is 1. The summed E-state index contributed by atoms with van der Waals surface area (Å²) in [7, 11) is 0. The van der Waals surface area contributed by atoms with Crippen LogP contribution in [-0.2, 0) is 19.1 Å². The number of cyclic esters (lactones) is 1. The van der Waals surface area contributed by atoms with E-state index in [2.05, 4.69) is 25.2 Å². The summed E-state index contributed by atoms with van der Waals surface area (Å²) in [5.41, 5.74) is 1.27. The van der Waals surface area contributed by atoms with Crippen molar-refractivity contribution in [2.75, 3.05) is 0 Å². The van der Waals surface area contributed by atoms with Crippen LogP contribution in [0.25, 0.3) is 0 Å². The first-order valence-electron chi connectivity index (χ1n) is 10.8. The van der Waals surface area contributed by atoms with E-state index in [9.17, 15) is 14.7 Å². The van der Waals surface area contributed by atoms with E-state index in [1.165, 1.54) is 5.57 Å². The number of esters is 2. The van der Waals surface area contributed by atoms with Crippen molar-refractivity contribution < 1.29 is 24.2 Å². The lowest BCUT2D eigenvalue weighted by atomic mass is 9.66. The summed E-state index contributed by atoms with van der Waals surface area (Å²) < 4.78 is 11.4. The third-order valence-corrected chi connectivity index (χ3v) is 6.69. The number of allylic oxidation sites excluding steroid dienone is 3. The van der Waals surface area contributed by atoms with E-state index in [-0.39, 0.29) is 42.4 Å². The van der Waals surface area contributed by atoms with Crippen molar-refractivity contribution in [3.63, 3.8) is 0 Å². The van der Waals surface area contributed by atoms with Crippen LogP contribution in [-0.4, -0.2) is 35.4 Å². The van der Waals surface area contributed by atoms with Crippen LogP contribution < -0.4 is 0 Å². The Morgan fingerprint density at radius 1 is 1.39 bits per heavy atom. The van der Waals surface area contributed by atoms with Crippen LogP contribution in [0.3, 0.4) is 0 Å². The molecule has 0 aromatic carbocycles. The smallest absolute Gasteiger partial charge is 0.308 e. The number of rotatable bonds is 6. The topological polar surface area (TPSA) is 72.8 Å². The van der Waals surface area contributed by atoms with Gasteiger partial charge in [-0.25, -0.2) is 0 Å². The molecule has 0 aromatic heterocycles. The highest BCUT2D eigenvalue weighted by Crippen LogP contribution is 2.44. The highest BCUT2D eigenvalue weighted by Gasteiger charge is 2.40. The fourth-order valence-corrected chi connectivity index (χ4v) is 4.80. The van der Waals surface area contributed by atoms with Gasteiger partial charge in [0.25, 0.3) is 0 Å². The average molecular weight is 391 g/mol. The molecule has 0 saturated carbocycles. The van der Waals surface area contributed by atoms with E-state index in [0.717, 1.165) is 32.1 Å². The first kappa shape index (κ1) is 21.1. The minimum atomic E-state index is -0.593. The number of aliphatic hydroxyl groups excluding tert-OH is 1. The SMILES string of the molecule is CC[C@H](C)C(=O)O[C@@H]1CCC=C2C=C[C@H](C)[C@H](CC[C@H]3C[C@@H](O)CC(=O)O3)[C@H]21. The Morgan fingerprint density at radius 2 is 2.18 bits per heavy atom. The van der Waals surface area contributed by atoms with Crippen molar-refractivity contribution in [3.8, 4) is 0 Å². The predicted octanol–water partition coefficient (Wildman–Crippen LogP) is 3.95. The number of fused-ring (bicyclic) bond motifs is 1. The molecule has 0 amide bonds. The minimum Gasteiger partial charge on any atom is -0.462 e. The van der Waals surface area contributed by atoms with Crippen LogP contribution in [0.5, 0.6) is 0 Å². The molecule has 28 heavy (non-hydrogen) atoms. The van der Waals surface area contributed by atoms with Gasteiger partial charge < -0.3 is 14.6 Å². The Balaban J connectivity index is 1.70. The lowest BCUT2D eigenvalue weighted by Crippen LogP contribution is -2.40. The number of hydrogen-bond acceptors (Lipinski definition) is 5. The van der Waals surface area contributed by atoms with Gasteiger partial charge in [-0.3, -0.25) is 9.59 Å². The minimum absolute atomic E-state index is 0.0764. The molecular formula is C23H34O5. The summed E-state index contributed by atoms with van der Waals surface area (Å²) in [6.45, 7) is 6.14. The Labute approximate surface area is 168 Å². The molecule has 0 spiro atoms. The fraction of sp³-hybridized carbons (Fsp3) is 0.739. The van der Waals surface area contributed by atoms with Crippen molar-refractivity contribution >= 4 is 11.9 Å². The zero-order chi connectivity index (χ0) is 20.3. The molecule has 1 aliphatic heterocycles. The third kappa shape index (κ3) is 4.86. The Morgan fingerprint density at radius 3 is 2.89 bits per heavy atom. The fourth-order valence-electron chi connectivity index (χ4n) is 4.80. The maximum absolute atomic E-state index is 12.4. The van der Waals surface area contributed by atoms with E-state index >= 15 is 0 Å². The van der Waals surface area contributed by atoms with Crippen LogP contribution in [0.2, 0.25) is 0 Å². The quantitative estimate of drug-likeness (QED) is 0.695. The highest BCUT2D eigenvalue weighted by molar-refractivity contribution is 5.72. The second-order valence-corrected chi connectivity index (χ2v) is 8.76. The van der Waals surface area contributed by atoms with Crippen molar-refractivity contribution in [1.82, 2.24) is 0 Å². The van der Waals surface area contributed by atoms with Gasteiger partial charge >= 0.3 is 11.9 Å². The second kappa shape index (κ2) is 9.25. The first-order valence-corrected chi connectivity index (χ1v) is 10.8. The van der Waals surface area contributed by atoms with E-state index in [0.29, 0.717) is 18.3 Å². The molecule has 1 saturated heterocycles. The summed E-state index contributed by atoms with van der Waals surface area (Å²) >= 11 is 0. The molecular weight excluding hydrogens is 356 g/mol. The van der Waals surface area contributed by atoms with E-state index in [1.807, 2.05) is 13.8 Å². The van der Waals surface area contributed by atoms with Gasteiger partial charge in [-0.05, 0) is 49.5 Å². The molecule has 0 aromatic rings. The number of ether oxygens (including phenoxy) is 2. The van der Waals surface area contributed by atoms with Crippen molar-refractivity contribution in [3.05, 3.63) is 23.8 Å². The normalized spacial score (nSPS) is 36.1. The summed E-state index contributed by atoms with van der Waals surface area (Å²) in [6, 6.07) is 0. The van der Waals surface area contributed by atoms with Crippen molar-refractivity contribution in [2.45, 2.75) is 84.0 Å². The average Bonchev–Trinajstić information content (AvgIpc) is 2.66. The maximum Gasteiger partial charge on any atom is 0.308 e. The van der Waals surface area contributed by atoms with Gasteiger partial charge in [0, 0.05) is 12.3 Å². The first-order chi connectivity index (χ1) is 13.4. The lowest BCUT2D eigenvalue weighted by molar-refractivity contribution is -0.162. The zero-order valence-corrected chi connectivity index (χ0v) is 17.3. The van der Waals surface area contributed by atoms with Gasteiger partial charge in [0.05, 0.1) is 18.4 Å². The standard InChI is InChI=1S/C23H34O5/c1-4-14(2)23(26)28-20-7-5-6-16-9-8-15(3)19(22(16)20)11-10-18-12-17(24)13-21(25)27-18/h6,8-9,14-15,17-20,22,24H,4-5,7,10-13H2,1-3H3/t14-,15-,17+,18-,19-,20+,22-/m0/s1. The molecule has 3 rings (SSSR count). The van der Waals surface area contributed by atoms with E-state index in [1.54, 1.807) is 0 Å². The van der Waals surface area contributed by atoms with Crippen molar-refractivity contribution in [2.24, 2.45) is 23.7 Å². The Hall–Kier alpha value is -1.62. The molecule has 7 atom stereocenters. The second-order valence-electron chi connectivity index (χ2n) is 8.76. The van der Waals surface area contributed by atoms with Gasteiger partial charge in [0.15, 0.2) is 0 Å².